The zero-order valence-corrected chi connectivity index (χ0v) is 14.4. The molecule has 1 saturated heterocycles. The van der Waals surface area contributed by atoms with Crippen LogP contribution in [0.3, 0.4) is 0 Å². The van der Waals surface area contributed by atoms with Crippen LogP contribution in [0.15, 0.2) is 18.3 Å². The molecule has 144 valence electrons. The smallest absolute Gasteiger partial charge is 0.422 e. The Morgan fingerprint density at radius 2 is 1.96 bits per heavy atom. The van der Waals surface area contributed by atoms with Crippen molar-refractivity contribution in [3.05, 3.63) is 23.9 Å². The number of alkyl halides is 3. The molecule has 0 aromatic carbocycles. The van der Waals surface area contributed by atoms with Crippen molar-refractivity contribution >= 4 is 11.8 Å². The number of nitrogens with zero attached hydrogens (tertiary/aromatic N) is 3. The van der Waals surface area contributed by atoms with Gasteiger partial charge in [-0.1, -0.05) is 0 Å². The van der Waals surface area contributed by atoms with Crippen LogP contribution in [0.25, 0.3) is 0 Å². The third-order valence-electron chi connectivity index (χ3n) is 3.77. The van der Waals surface area contributed by atoms with Gasteiger partial charge in [0, 0.05) is 38.9 Å². The summed E-state index contributed by atoms with van der Waals surface area (Å²) in [5.41, 5.74) is -0.00562. The summed E-state index contributed by atoms with van der Waals surface area (Å²) in [6.07, 6.45) is -3.24. The quantitative estimate of drug-likeness (QED) is 0.802. The summed E-state index contributed by atoms with van der Waals surface area (Å²) in [7, 11) is 0. The van der Waals surface area contributed by atoms with Crippen LogP contribution >= 0.6 is 0 Å². The molecule has 0 bridgehead atoms. The molecule has 1 N–H and O–H groups in total. The van der Waals surface area contributed by atoms with Crippen molar-refractivity contribution in [2.24, 2.45) is 0 Å². The Kier molecular flexibility index (Phi) is 6.78. The molecule has 2 amide bonds. The predicted octanol–water partition coefficient (Wildman–Crippen LogP) is 0.917. The molecule has 0 unspecified atom stereocenters. The van der Waals surface area contributed by atoms with Crippen LogP contribution in [0.2, 0.25) is 0 Å². The molecule has 0 saturated carbocycles. The third kappa shape index (κ3) is 5.87. The van der Waals surface area contributed by atoms with Gasteiger partial charge < -0.3 is 15.0 Å². The second-order valence-corrected chi connectivity index (χ2v) is 5.78. The van der Waals surface area contributed by atoms with Gasteiger partial charge in [0.25, 0.3) is 5.91 Å². The van der Waals surface area contributed by atoms with E-state index in [9.17, 15) is 22.8 Å². The molecule has 1 fully saturated rings. The van der Waals surface area contributed by atoms with Crippen molar-refractivity contribution in [2.75, 3.05) is 45.9 Å². The highest BCUT2D eigenvalue weighted by Gasteiger charge is 2.31. The topological polar surface area (TPSA) is 74.8 Å². The second kappa shape index (κ2) is 8.84. The van der Waals surface area contributed by atoms with Gasteiger partial charge in [0.05, 0.1) is 6.54 Å². The van der Waals surface area contributed by atoms with Crippen LogP contribution in [-0.2, 0) is 4.79 Å². The van der Waals surface area contributed by atoms with Crippen LogP contribution in [0, 0.1) is 0 Å². The maximum absolute atomic E-state index is 12.6. The van der Waals surface area contributed by atoms with Gasteiger partial charge in [0.15, 0.2) is 6.61 Å². The number of rotatable bonds is 6. The van der Waals surface area contributed by atoms with E-state index in [4.69, 9.17) is 0 Å². The predicted molar refractivity (Wildman–Crippen MR) is 86.8 cm³/mol. The number of likely N-dealkylation sites (N-methyl/N-ethyl adjacent to an activating group) is 1. The van der Waals surface area contributed by atoms with E-state index in [0.717, 1.165) is 0 Å². The fraction of sp³-hybridized carbons (Fsp3) is 0.562. The molecular formula is C16H21F3N4O3. The summed E-state index contributed by atoms with van der Waals surface area (Å²) in [6.45, 7) is 2.87. The van der Waals surface area contributed by atoms with Crippen molar-refractivity contribution in [3.8, 4) is 5.88 Å². The Morgan fingerprint density at radius 3 is 2.58 bits per heavy atom. The molecular weight excluding hydrogens is 353 g/mol. The Bertz CT molecular complexity index is 631. The average Bonchev–Trinajstić information content (AvgIpc) is 2.60. The monoisotopic (exact) mass is 374 g/mol. The Balaban J connectivity index is 1.95. The van der Waals surface area contributed by atoms with E-state index < -0.39 is 18.7 Å². The Morgan fingerprint density at radius 1 is 1.27 bits per heavy atom. The van der Waals surface area contributed by atoms with E-state index in [0.29, 0.717) is 32.7 Å². The molecule has 0 atom stereocenters. The zero-order chi connectivity index (χ0) is 19.2. The second-order valence-electron chi connectivity index (χ2n) is 5.78. The van der Waals surface area contributed by atoms with Gasteiger partial charge in [-0.25, -0.2) is 4.98 Å². The summed E-state index contributed by atoms with van der Waals surface area (Å²) < 4.78 is 41.7. The highest BCUT2D eigenvalue weighted by Crippen LogP contribution is 2.21. The molecule has 0 radical (unpaired) electrons. The van der Waals surface area contributed by atoms with E-state index in [1.165, 1.54) is 23.2 Å². The Hall–Kier alpha value is -2.36. The summed E-state index contributed by atoms with van der Waals surface area (Å²) >= 11 is 0. The molecule has 0 spiro atoms. The first kappa shape index (κ1) is 20.0. The molecule has 26 heavy (non-hydrogen) atoms. The summed E-state index contributed by atoms with van der Waals surface area (Å²) in [5, 5.41) is 2.71. The maximum Gasteiger partial charge on any atom is 0.422 e. The highest BCUT2D eigenvalue weighted by molar-refractivity contribution is 5.96. The van der Waals surface area contributed by atoms with Gasteiger partial charge in [-0.2, -0.15) is 13.2 Å². The number of aromatic nitrogens is 1. The normalized spacial score (nSPS) is 15.6. The van der Waals surface area contributed by atoms with E-state index in [1.54, 1.807) is 0 Å². The van der Waals surface area contributed by atoms with Crippen LogP contribution in [-0.4, -0.2) is 78.6 Å². The minimum atomic E-state index is -4.51. The molecule has 0 aliphatic carbocycles. The first-order valence-electron chi connectivity index (χ1n) is 8.23. The van der Waals surface area contributed by atoms with Crippen molar-refractivity contribution in [3.63, 3.8) is 0 Å². The number of piperazine rings is 1. The molecule has 2 heterocycles. The van der Waals surface area contributed by atoms with Gasteiger partial charge in [-0.3, -0.25) is 14.5 Å². The first-order chi connectivity index (χ1) is 12.3. The van der Waals surface area contributed by atoms with Crippen molar-refractivity contribution < 1.29 is 27.5 Å². The molecule has 7 nitrogen and oxygen atoms in total. The van der Waals surface area contributed by atoms with Gasteiger partial charge in [0.1, 0.15) is 5.56 Å². The number of hydrogen-bond acceptors (Lipinski definition) is 5. The van der Waals surface area contributed by atoms with Gasteiger partial charge >= 0.3 is 6.18 Å². The number of carbonyl (C=O) groups excluding carboxylic acids is 2. The lowest BCUT2D eigenvalue weighted by molar-refractivity contribution is -0.154. The van der Waals surface area contributed by atoms with Gasteiger partial charge in [-0.05, 0) is 19.1 Å². The van der Waals surface area contributed by atoms with Crippen molar-refractivity contribution in [1.29, 1.82) is 0 Å². The highest BCUT2D eigenvalue weighted by atomic mass is 19.4. The molecule has 10 heteroatoms. The number of carbonyl (C=O) groups is 2. The van der Waals surface area contributed by atoms with Crippen LogP contribution in [0.5, 0.6) is 5.88 Å². The molecule has 1 aliphatic rings. The molecule has 1 aliphatic heterocycles. The molecule has 2 rings (SSSR count). The number of ether oxygens (including phenoxy) is 1. The average molecular weight is 374 g/mol. The minimum absolute atomic E-state index is 0.00562. The number of pyridine rings is 1. The van der Waals surface area contributed by atoms with Crippen LogP contribution in [0.4, 0.5) is 13.2 Å². The number of halogens is 3. The fourth-order valence-corrected chi connectivity index (χ4v) is 2.55. The third-order valence-corrected chi connectivity index (χ3v) is 3.77. The lowest BCUT2D eigenvalue weighted by atomic mass is 10.2. The van der Waals surface area contributed by atoms with Crippen molar-refractivity contribution in [1.82, 2.24) is 20.1 Å². The number of nitrogens with one attached hydrogen (secondary N) is 1. The summed E-state index contributed by atoms with van der Waals surface area (Å²) in [6, 6.07) is 2.86. The van der Waals surface area contributed by atoms with Crippen molar-refractivity contribution in [2.45, 2.75) is 13.1 Å². The molecule has 1 aromatic rings. The number of amides is 2. The lowest BCUT2D eigenvalue weighted by Crippen LogP contribution is -2.51. The zero-order valence-electron chi connectivity index (χ0n) is 14.4. The van der Waals surface area contributed by atoms with E-state index in [-0.39, 0.29) is 23.9 Å². The van der Waals surface area contributed by atoms with Crippen LogP contribution in [0.1, 0.15) is 17.3 Å². The summed E-state index contributed by atoms with van der Waals surface area (Å²) in [4.78, 5) is 31.4. The minimum Gasteiger partial charge on any atom is -0.467 e. The van der Waals surface area contributed by atoms with E-state index in [2.05, 4.69) is 15.0 Å². The molecule has 1 aromatic heterocycles. The van der Waals surface area contributed by atoms with E-state index in [1.807, 2.05) is 11.8 Å². The SMILES string of the molecule is CCNC(=O)CN1CCN(C(=O)c2cccnc2OCC(F)(F)F)CC1. The van der Waals surface area contributed by atoms with Gasteiger partial charge in [-0.15, -0.1) is 0 Å². The van der Waals surface area contributed by atoms with E-state index >= 15 is 0 Å². The van der Waals surface area contributed by atoms with Gasteiger partial charge in [0.2, 0.25) is 11.8 Å². The largest absolute Gasteiger partial charge is 0.467 e. The summed E-state index contributed by atoms with van der Waals surface area (Å²) in [5.74, 6) is -0.852. The number of hydrogen-bond donors (Lipinski definition) is 1. The Labute approximate surface area is 149 Å². The standard InChI is InChI=1S/C16H21F3N4O3/c1-2-20-13(24)10-22-6-8-23(9-7-22)15(25)12-4-3-5-21-14(12)26-11-16(17,18)19/h3-5H,2,6-11H2,1H3,(H,20,24). The van der Waals surface area contributed by atoms with Crippen LogP contribution < -0.4 is 10.1 Å². The lowest BCUT2D eigenvalue weighted by Gasteiger charge is -2.34. The first-order valence-corrected chi connectivity index (χ1v) is 8.23. The fourth-order valence-electron chi connectivity index (χ4n) is 2.55. The maximum atomic E-state index is 12.6.